The fraction of sp³-hybridized carbons (Fsp3) is 0.333. The predicted molar refractivity (Wildman–Crippen MR) is 109 cm³/mol. The summed E-state index contributed by atoms with van der Waals surface area (Å²) >= 11 is 1.67. The van der Waals surface area contributed by atoms with E-state index >= 15 is 0 Å². The second-order valence-electron chi connectivity index (χ2n) is 6.92. The van der Waals surface area contributed by atoms with Gasteiger partial charge in [0, 0.05) is 31.2 Å². The van der Waals surface area contributed by atoms with Crippen LogP contribution in [0.1, 0.15) is 36.0 Å². The molecule has 0 N–H and O–H groups in total. The summed E-state index contributed by atoms with van der Waals surface area (Å²) < 4.78 is 2.03. The molecule has 3 heterocycles. The molecule has 1 aliphatic heterocycles. The quantitative estimate of drug-likeness (QED) is 0.601. The Hall–Kier alpha value is -2.67. The first-order valence-electron chi connectivity index (χ1n) is 9.48. The van der Waals surface area contributed by atoms with Crippen molar-refractivity contribution in [2.24, 2.45) is 7.05 Å². The van der Waals surface area contributed by atoms with Crippen molar-refractivity contribution in [3.05, 3.63) is 71.8 Å². The summed E-state index contributed by atoms with van der Waals surface area (Å²) in [6, 6.07) is 16.0. The van der Waals surface area contributed by atoms with Crippen LogP contribution in [0, 0.1) is 0 Å². The van der Waals surface area contributed by atoms with Gasteiger partial charge in [-0.05, 0) is 30.5 Å². The first-order valence-corrected chi connectivity index (χ1v) is 10.5. The van der Waals surface area contributed by atoms with Gasteiger partial charge in [0.05, 0.1) is 12.5 Å². The summed E-state index contributed by atoms with van der Waals surface area (Å²) in [5.41, 5.74) is 2.06. The number of amides is 1. The van der Waals surface area contributed by atoms with E-state index in [-0.39, 0.29) is 11.9 Å². The van der Waals surface area contributed by atoms with E-state index in [0.29, 0.717) is 6.42 Å². The normalized spacial score (nSPS) is 16.5. The van der Waals surface area contributed by atoms with E-state index in [1.54, 1.807) is 18.0 Å². The van der Waals surface area contributed by atoms with Gasteiger partial charge >= 0.3 is 0 Å². The molecule has 1 aromatic carbocycles. The smallest absolute Gasteiger partial charge is 0.229 e. The van der Waals surface area contributed by atoms with Crippen LogP contribution in [0.15, 0.2) is 59.9 Å². The number of carbonyl (C=O) groups is 1. The Morgan fingerprint density at radius 1 is 1.14 bits per heavy atom. The van der Waals surface area contributed by atoms with Gasteiger partial charge in [-0.2, -0.15) is 0 Å². The van der Waals surface area contributed by atoms with E-state index in [1.807, 2.05) is 52.9 Å². The van der Waals surface area contributed by atoms with E-state index in [2.05, 4.69) is 27.3 Å². The third kappa shape index (κ3) is 4.09. The Balaban J connectivity index is 1.45. The summed E-state index contributed by atoms with van der Waals surface area (Å²) in [6.45, 7) is 0.760. The lowest BCUT2D eigenvalue weighted by Crippen LogP contribution is -2.33. The number of likely N-dealkylation sites (tertiary alicyclic amines) is 1. The van der Waals surface area contributed by atoms with Gasteiger partial charge < -0.3 is 9.47 Å². The summed E-state index contributed by atoms with van der Waals surface area (Å²) in [4.78, 5) is 19.1. The van der Waals surface area contributed by atoms with Crippen LogP contribution >= 0.6 is 11.8 Å². The van der Waals surface area contributed by atoms with Crippen molar-refractivity contribution in [2.45, 2.75) is 36.2 Å². The maximum atomic E-state index is 12.9. The fourth-order valence-corrected chi connectivity index (χ4v) is 4.43. The zero-order valence-corrected chi connectivity index (χ0v) is 16.7. The van der Waals surface area contributed by atoms with Gasteiger partial charge in [0.15, 0.2) is 11.0 Å². The van der Waals surface area contributed by atoms with Gasteiger partial charge in [-0.15, -0.1) is 10.2 Å². The lowest BCUT2D eigenvalue weighted by Gasteiger charge is -2.24. The molecule has 1 saturated heterocycles. The summed E-state index contributed by atoms with van der Waals surface area (Å²) in [5, 5.41) is 9.69. The van der Waals surface area contributed by atoms with Gasteiger partial charge in [-0.25, -0.2) is 0 Å². The maximum absolute atomic E-state index is 12.9. The largest absolute Gasteiger partial charge is 0.332 e. The van der Waals surface area contributed by atoms with Crippen molar-refractivity contribution in [1.29, 1.82) is 0 Å². The molecule has 7 heteroatoms. The number of rotatable bonds is 6. The van der Waals surface area contributed by atoms with Crippen molar-refractivity contribution < 1.29 is 4.79 Å². The van der Waals surface area contributed by atoms with Crippen LogP contribution < -0.4 is 0 Å². The first kappa shape index (κ1) is 18.7. The highest BCUT2D eigenvalue weighted by molar-refractivity contribution is 7.98. The van der Waals surface area contributed by atoms with Crippen LogP contribution in [0.25, 0.3) is 0 Å². The zero-order valence-electron chi connectivity index (χ0n) is 15.9. The average molecular weight is 394 g/mol. The highest BCUT2D eigenvalue weighted by atomic mass is 32.2. The standard InChI is InChI=1S/C21H23N5OS/c1-25-20(23-24-21(25)28-15-16-8-3-2-4-9-16)18-11-7-13-26(18)19(27)14-17-10-5-6-12-22-17/h2-6,8-10,12,18H,7,11,13-15H2,1H3. The number of pyridine rings is 1. The molecule has 6 nitrogen and oxygen atoms in total. The van der Waals surface area contributed by atoms with Gasteiger partial charge in [-0.3, -0.25) is 9.78 Å². The molecule has 28 heavy (non-hydrogen) atoms. The first-order chi connectivity index (χ1) is 13.7. The Labute approximate surface area is 169 Å². The molecule has 0 bridgehead atoms. The molecule has 3 aromatic rings. The summed E-state index contributed by atoms with van der Waals surface area (Å²) in [7, 11) is 1.99. The van der Waals surface area contributed by atoms with E-state index in [1.165, 1.54) is 5.56 Å². The van der Waals surface area contributed by atoms with Crippen LogP contribution in [0.4, 0.5) is 0 Å². The molecule has 1 amide bonds. The minimum atomic E-state index is -0.0141. The van der Waals surface area contributed by atoms with Gasteiger partial charge in [0.1, 0.15) is 0 Å². The van der Waals surface area contributed by atoms with Gasteiger partial charge in [0.25, 0.3) is 0 Å². The molecular formula is C21H23N5OS. The monoisotopic (exact) mass is 393 g/mol. The molecule has 4 rings (SSSR count). The predicted octanol–water partition coefficient (Wildman–Crippen LogP) is 3.41. The molecule has 1 fully saturated rings. The molecule has 1 atom stereocenters. The maximum Gasteiger partial charge on any atom is 0.229 e. The van der Waals surface area contributed by atoms with Crippen molar-refractivity contribution in [1.82, 2.24) is 24.6 Å². The minimum Gasteiger partial charge on any atom is -0.332 e. The fourth-order valence-electron chi connectivity index (χ4n) is 3.56. The minimum absolute atomic E-state index is 0.0141. The van der Waals surface area contributed by atoms with Crippen LogP contribution in [-0.4, -0.2) is 37.1 Å². The van der Waals surface area contributed by atoms with Crippen LogP contribution in [0.5, 0.6) is 0 Å². The number of carbonyl (C=O) groups excluding carboxylic acids is 1. The third-order valence-corrected chi connectivity index (χ3v) is 6.10. The van der Waals surface area contributed by atoms with Crippen LogP contribution in [0.2, 0.25) is 0 Å². The lowest BCUT2D eigenvalue weighted by atomic mass is 10.2. The van der Waals surface area contributed by atoms with Crippen molar-refractivity contribution in [2.75, 3.05) is 6.54 Å². The molecule has 0 radical (unpaired) electrons. The number of benzene rings is 1. The number of hydrogen-bond donors (Lipinski definition) is 0. The molecule has 144 valence electrons. The van der Waals surface area contributed by atoms with Crippen molar-refractivity contribution in [3.8, 4) is 0 Å². The lowest BCUT2D eigenvalue weighted by molar-refractivity contribution is -0.131. The SMILES string of the molecule is Cn1c(SCc2ccccc2)nnc1C1CCCN1C(=O)Cc1ccccn1. The molecule has 0 spiro atoms. The molecule has 0 aliphatic carbocycles. The van der Waals surface area contributed by atoms with E-state index < -0.39 is 0 Å². The van der Waals surface area contributed by atoms with Crippen LogP contribution in [0.3, 0.4) is 0 Å². The van der Waals surface area contributed by atoms with Gasteiger partial charge in [-0.1, -0.05) is 48.2 Å². The van der Waals surface area contributed by atoms with E-state index in [9.17, 15) is 4.79 Å². The third-order valence-electron chi connectivity index (χ3n) is 5.01. The molecule has 1 aliphatic rings. The van der Waals surface area contributed by atoms with Crippen LogP contribution in [-0.2, 0) is 24.0 Å². The van der Waals surface area contributed by atoms with Crippen molar-refractivity contribution >= 4 is 17.7 Å². The second kappa shape index (κ2) is 8.56. The Morgan fingerprint density at radius 3 is 2.75 bits per heavy atom. The number of hydrogen-bond acceptors (Lipinski definition) is 5. The highest BCUT2D eigenvalue weighted by Gasteiger charge is 2.33. The number of nitrogens with zero attached hydrogens (tertiary/aromatic N) is 5. The Kier molecular flexibility index (Phi) is 5.71. The molecule has 0 saturated carbocycles. The Morgan fingerprint density at radius 2 is 1.96 bits per heavy atom. The highest BCUT2D eigenvalue weighted by Crippen LogP contribution is 2.33. The summed E-state index contributed by atoms with van der Waals surface area (Å²) in [6.07, 6.45) is 3.95. The zero-order chi connectivity index (χ0) is 19.3. The van der Waals surface area contributed by atoms with Gasteiger partial charge in [0.2, 0.25) is 5.91 Å². The number of thioether (sulfide) groups is 1. The summed E-state index contributed by atoms with van der Waals surface area (Å²) in [5.74, 6) is 1.81. The number of aromatic nitrogens is 4. The van der Waals surface area contributed by atoms with E-state index in [4.69, 9.17) is 0 Å². The van der Waals surface area contributed by atoms with Crippen molar-refractivity contribution in [3.63, 3.8) is 0 Å². The molecule has 2 aromatic heterocycles. The second-order valence-corrected chi connectivity index (χ2v) is 7.86. The topological polar surface area (TPSA) is 63.9 Å². The Bertz CT molecular complexity index is 928. The molecule has 1 unspecified atom stereocenters. The average Bonchev–Trinajstić information content (AvgIpc) is 3.34. The molecular weight excluding hydrogens is 370 g/mol. The van der Waals surface area contributed by atoms with E-state index in [0.717, 1.165) is 41.8 Å².